The van der Waals surface area contributed by atoms with Gasteiger partial charge in [0.15, 0.2) is 0 Å². The van der Waals surface area contributed by atoms with Crippen molar-refractivity contribution in [1.82, 2.24) is 0 Å². The van der Waals surface area contributed by atoms with Crippen LogP contribution in [0, 0.1) is 0 Å². The Kier molecular flexibility index (Phi) is 7.67. The van der Waals surface area contributed by atoms with Crippen molar-refractivity contribution >= 4 is 0 Å². The normalized spacial score (nSPS) is 33.7. The Balaban J connectivity index is 1.63. The van der Waals surface area contributed by atoms with Crippen molar-refractivity contribution in [1.29, 1.82) is 0 Å². The molecule has 0 saturated heterocycles. The molecule has 0 radical (unpaired) electrons. The van der Waals surface area contributed by atoms with Crippen LogP contribution in [-0.4, -0.2) is 79.5 Å². The van der Waals surface area contributed by atoms with Crippen LogP contribution >= 0.6 is 0 Å². The lowest BCUT2D eigenvalue weighted by molar-refractivity contribution is -0.459. The highest BCUT2D eigenvalue weighted by molar-refractivity contribution is 5.56. The van der Waals surface area contributed by atoms with Crippen LogP contribution in [0.3, 0.4) is 0 Å². The highest BCUT2D eigenvalue weighted by Gasteiger charge is 2.93. The number of aliphatic hydroxyl groups excluding tert-OH is 3. The van der Waals surface area contributed by atoms with E-state index in [0.29, 0.717) is 35.8 Å². The molecule has 0 aliphatic heterocycles. The molecule has 36 heavy (non-hydrogen) atoms. The largest absolute Gasteiger partial charge is 0.494 e. The first-order valence-electron chi connectivity index (χ1n) is 12.8. The third-order valence-corrected chi connectivity index (χ3v) is 7.98. The molecular weight excluding hydrogens is 464 g/mol. The predicted molar refractivity (Wildman–Crippen MR) is 133 cm³/mol. The van der Waals surface area contributed by atoms with E-state index in [4.69, 9.17) is 9.47 Å². The molecule has 8 nitrogen and oxygen atoms in total. The van der Waals surface area contributed by atoms with E-state index in [1.807, 2.05) is 0 Å². The Morgan fingerprint density at radius 2 is 1.28 bits per heavy atom. The summed E-state index contributed by atoms with van der Waals surface area (Å²) < 4.78 is 11.3. The van der Waals surface area contributed by atoms with Crippen molar-refractivity contribution in [2.45, 2.75) is 80.4 Å². The van der Waals surface area contributed by atoms with Gasteiger partial charge in [-0.25, -0.2) is 0 Å². The average molecular weight is 503 g/mol. The van der Waals surface area contributed by atoms with E-state index in [-0.39, 0.29) is 0 Å². The van der Waals surface area contributed by atoms with Gasteiger partial charge in [-0.1, -0.05) is 51.0 Å². The van der Waals surface area contributed by atoms with Crippen molar-refractivity contribution in [3.8, 4) is 11.5 Å². The number of fused-ring (bicyclic) bond motifs is 1. The van der Waals surface area contributed by atoms with Gasteiger partial charge in [-0.05, 0) is 48.2 Å². The maximum absolute atomic E-state index is 11.7. The van der Waals surface area contributed by atoms with Crippen LogP contribution in [0.5, 0.6) is 11.5 Å². The highest BCUT2D eigenvalue weighted by atomic mass is 16.5. The van der Waals surface area contributed by atoms with Crippen molar-refractivity contribution in [2.24, 2.45) is 0 Å². The van der Waals surface area contributed by atoms with Crippen LogP contribution in [0.2, 0.25) is 0 Å². The Labute approximate surface area is 211 Å². The molecule has 3 unspecified atom stereocenters. The summed E-state index contributed by atoms with van der Waals surface area (Å²) in [6, 6.07) is 13.3. The second kappa shape index (κ2) is 10.3. The van der Waals surface area contributed by atoms with Gasteiger partial charge < -0.3 is 40.1 Å². The first-order valence-corrected chi connectivity index (χ1v) is 12.8. The molecule has 0 aromatic heterocycles. The van der Waals surface area contributed by atoms with Crippen LogP contribution in [0.25, 0.3) is 0 Å². The first kappa shape index (κ1) is 26.9. The molecule has 0 spiro atoms. The van der Waals surface area contributed by atoms with E-state index in [1.165, 1.54) is 0 Å². The summed E-state index contributed by atoms with van der Waals surface area (Å²) >= 11 is 0. The zero-order valence-corrected chi connectivity index (χ0v) is 20.9. The van der Waals surface area contributed by atoms with Crippen LogP contribution in [0.15, 0.2) is 48.5 Å². The van der Waals surface area contributed by atoms with Crippen molar-refractivity contribution in [3.63, 3.8) is 0 Å². The number of hydrogen-bond acceptors (Lipinski definition) is 8. The molecule has 2 aliphatic rings. The lowest BCUT2D eigenvalue weighted by Crippen LogP contribution is -2.99. The number of ether oxygens (including phenoxy) is 2. The third kappa shape index (κ3) is 3.74. The van der Waals surface area contributed by atoms with E-state index in [2.05, 4.69) is 13.8 Å². The Hall–Kier alpha value is -2.20. The molecule has 2 aliphatic carbocycles. The lowest BCUT2D eigenvalue weighted by atomic mass is 9.30. The molecule has 0 amide bonds. The Morgan fingerprint density at radius 3 is 1.72 bits per heavy atom. The average Bonchev–Trinajstić information content (AvgIpc) is 2.89. The van der Waals surface area contributed by atoms with Crippen molar-refractivity contribution in [3.05, 3.63) is 59.7 Å². The van der Waals surface area contributed by atoms with Gasteiger partial charge >= 0.3 is 0 Å². The quantitative estimate of drug-likeness (QED) is 0.242. The van der Waals surface area contributed by atoms with Gasteiger partial charge in [-0.15, -0.1) is 0 Å². The Bertz CT molecular complexity index is 1010. The fraction of sp³-hybridized carbons (Fsp3) is 0.571. The summed E-state index contributed by atoms with van der Waals surface area (Å²) in [5.74, 6) is -1.11. The van der Waals surface area contributed by atoms with E-state index in [0.717, 1.165) is 25.7 Å². The van der Waals surface area contributed by atoms with Crippen LogP contribution in [0.1, 0.15) is 62.5 Å². The van der Waals surface area contributed by atoms with Crippen LogP contribution < -0.4 is 9.47 Å². The molecule has 2 fully saturated rings. The van der Waals surface area contributed by atoms with Crippen molar-refractivity contribution in [2.75, 3.05) is 19.8 Å². The number of rotatable bonds is 12. The van der Waals surface area contributed by atoms with Gasteiger partial charge in [-0.3, -0.25) is 0 Å². The highest BCUT2D eigenvalue weighted by Crippen LogP contribution is 2.75. The Morgan fingerprint density at radius 1 is 0.806 bits per heavy atom. The lowest BCUT2D eigenvalue weighted by Gasteiger charge is -2.80. The minimum absolute atomic E-state index is 0.400. The van der Waals surface area contributed by atoms with Gasteiger partial charge in [0.05, 0.1) is 31.8 Å². The summed E-state index contributed by atoms with van der Waals surface area (Å²) in [4.78, 5) is 0. The van der Waals surface area contributed by atoms with Gasteiger partial charge in [0.2, 0.25) is 0 Å². The SMILES string of the molecule is CCCCOc1ccc(C2C(O)[C@@]3(O)C(c4ccc(OCCCC)cc4)[C@@](O)([C@H](O)CO)[C@@]23O)cc1. The molecule has 2 aromatic rings. The molecule has 4 rings (SSSR count). The minimum atomic E-state index is -2.32. The van der Waals surface area contributed by atoms with Gasteiger partial charge in [0, 0.05) is 5.92 Å². The number of unbranched alkanes of at least 4 members (excludes halogenated alkanes) is 2. The van der Waals surface area contributed by atoms with Gasteiger partial charge in [0.25, 0.3) is 0 Å². The second-order valence-corrected chi connectivity index (χ2v) is 10.0. The first-order chi connectivity index (χ1) is 17.2. The molecule has 198 valence electrons. The van der Waals surface area contributed by atoms with E-state index in [1.54, 1.807) is 48.5 Å². The van der Waals surface area contributed by atoms with Gasteiger partial charge in [-0.2, -0.15) is 0 Å². The van der Waals surface area contributed by atoms with Gasteiger partial charge in [0.1, 0.15) is 34.4 Å². The monoisotopic (exact) mass is 502 g/mol. The maximum atomic E-state index is 11.7. The number of hydrogen-bond donors (Lipinski definition) is 6. The molecule has 2 aromatic carbocycles. The third-order valence-electron chi connectivity index (χ3n) is 7.98. The molecular formula is C28H38O8. The molecule has 0 bridgehead atoms. The minimum Gasteiger partial charge on any atom is -0.494 e. The standard InChI is InChI=1S/C28H38O8/c1-3-5-15-35-20-11-7-18(8-12-20)23-25(31)27(33)24(26(32,22(30)17-29)28(23,27)34)19-9-13-21(14-10-19)36-16-6-4-2/h7-14,22-25,29-34H,3-6,15-17H2,1-2H3/t22-,23?,24?,25?,26+,27+,28+/m1/s1. The zero-order chi connectivity index (χ0) is 26.1. The van der Waals surface area contributed by atoms with E-state index < -0.39 is 47.5 Å². The molecule has 6 N–H and O–H groups in total. The second-order valence-electron chi connectivity index (χ2n) is 10.0. The van der Waals surface area contributed by atoms with Crippen LogP contribution in [-0.2, 0) is 0 Å². The molecule has 7 atom stereocenters. The van der Waals surface area contributed by atoms with Crippen LogP contribution in [0.4, 0.5) is 0 Å². The molecule has 8 heteroatoms. The zero-order valence-electron chi connectivity index (χ0n) is 20.9. The van der Waals surface area contributed by atoms with Crippen molar-refractivity contribution < 1.29 is 40.1 Å². The fourth-order valence-corrected chi connectivity index (χ4v) is 6.01. The molecule has 2 saturated carbocycles. The predicted octanol–water partition coefficient (Wildman–Crippen LogP) is 1.85. The fourth-order valence-electron chi connectivity index (χ4n) is 6.01. The summed E-state index contributed by atoms with van der Waals surface area (Å²) in [5.41, 5.74) is -5.88. The summed E-state index contributed by atoms with van der Waals surface area (Å²) in [5, 5.41) is 66.5. The smallest absolute Gasteiger partial charge is 0.138 e. The van der Waals surface area contributed by atoms with E-state index >= 15 is 0 Å². The topological polar surface area (TPSA) is 140 Å². The summed E-state index contributed by atoms with van der Waals surface area (Å²) in [7, 11) is 0. The summed E-state index contributed by atoms with van der Waals surface area (Å²) in [6.45, 7) is 4.41. The number of aliphatic hydroxyl groups is 6. The van der Waals surface area contributed by atoms with E-state index in [9.17, 15) is 30.6 Å². The molecule has 0 heterocycles. The number of benzene rings is 2. The maximum Gasteiger partial charge on any atom is 0.138 e. The summed E-state index contributed by atoms with van der Waals surface area (Å²) in [6.07, 6.45) is 0.616.